The van der Waals surface area contributed by atoms with Crippen molar-refractivity contribution in [2.24, 2.45) is 0 Å². The van der Waals surface area contributed by atoms with Crippen LogP contribution in [-0.4, -0.2) is 31.6 Å². The fourth-order valence-corrected chi connectivity index (χ4v) is 3.16. The maximum Gasteiger partial charge on any atom is 0.124 e. The summed E-state index contributed by atoms with van der Waals surface area (Å²) in [5.74, 6) is -0.178. The van der Waals surface area contributed by atoms with Crippen molar-refractivity contribution in [1.29, 1.82) is 0 Å². The molecule has 0 saturated carbocycles. The second kappa shape index (κ2) is 5.66. The fraction of sp³-hybridized carbons (Fsp3) is 0.500. The molecule has 1 saturated heterocycles. The van der Waals surface area contributed by atoms with E-state index < -0.39 is 0 Å². The van der Waals surface area contributed by atoms with E-state index in [0.29, 0.717) is 11.3 Å². The molecule has 0 radical (unpaired) electrons. The average Bonchev–Trinajstić information content (AvgIpc) is 2.30. The first kappa shape index (κ1) is 11.9. The Hall–Kier alpha value is -0.580. The van der Waals surface area contributed by atoms with Gasteiger partial charge in [-0.05, 0) is 31.7 Å². The van der Waals surface area contributed by atoms with E-state index in [1.165, 1.54) is 6.07 Å². The highest BCUT2D eigenvalue weighted by molar-refractivity contribution is 8.00. The van der Waals surface area contributed by atoms with Crippen LogP contribution in [0.5, 0.6) is 0 Å². The summed E-state index contributed by atoms with van der Waals surface area (Å²) in [5, 5.41) is 3.66. The van der Waals surface area contributed by atoms with Crippen molar-refractivity contribution in [2.45, 2.75) is 22.6 Å². The lowest BCUT2D eigenvalue weighted by molar-refractivity contribution is 0.0850. The molecule has 88 valence electrons. The number of ether oxygens (including phenoxy) is 1. The van der Waals surface area contributed by atoms with Crippen LogP contribution < -0.4 is 5.32 Å². The van der Waals surface area contributed by atoms with Crippen molar-refractivity contribution < 1.29 is 9.13 Å². The van der Waals surface area contributed by atoms with E-state index in [1.54, 1.807) is 23.9 Å². The zero-order valence-corrected chi connectivity index (χ0v) is 10.1. The number of halogens is 1. The van der Waals surface area contributed by atoms with Crippen LogP contribution in [0.25, 0.3) is 0 Å². The quantitative estimate of drug-likeness (QED) is 0.877. The second-order valence-corrected chi connectivity index (χ2v) is 5.19. The number of thioether (sulfide) groups is 1. The highest BCUT2D eigenvalue weighted by Crippen LogP contribution is 2.29. The van der Waals surface area contributed by atoms with Crippen LogP contribution in [0, 0.1) is 5.82 Å². The van der Waals surface area contributed by atoms with Gasteiger partial charge in [-0.2, -0.15) is 0 Å². The first-order valence-corrected chi connectivity index (χ1v) is 6.35. The molecule has 2 unspecified atom stereocenters. The van der Waals surface area contributed by atoms with E-state index in [0.717, 1.165) is 24.5 Å². The van der Waals surface area contributed by atoms with Gasteiger partial charge in [0.05, 0.1) is 6.61 Å². The van der Waals surface area contributed by atoms with Crippen LogP contribution >= 0.6 is 11.8 Å². The number of hydrogen-bond donors (Lipinski definition) is 1. The van der Waals surface area contributed by atoms with Crippen molar-refractivity contribution in [3.63, 3.8) is 0 Å². The van der Waals surface area contributed by atoms with Crippen molar-refractivity contribution >= 4 is 11.8 Å². The Kier molecular flexibility index (Phi) is 4.21. The third-order valence-corrected chi connectivity index (χ3v) is 4.05. The van der Waals surface area contributed by atoms with Crippen molar-refractivity contribution in [3.8, 4) is 0 Å². The van der Waals surface area contributed by atoms with Gasteiger partial charge >= 0.3 is 0 Å². The summed E-state index contributed by atoms with van der Waals surface area (Å²) in [6, 6.07) is 7.18. The van der Waals surface area contributed by atoms with E-state index in [-0.39, 0.29) is 5.82 Å². The summed E-state index contributed by atoms with van der Waals surface area (Å²) in [6.07, 6.45) is 1.02. The Balaban J connectivity index is 2.02. The van der Waals surface area contributed by atoms with E-state index in [2.05, 4.69) is 5.32 Å². The van der Waals surface area contributed by atoms with Gasteiger partial charge in [-0.3, -0.25) is 0 Å². The summed E-state index contributed by atoms with van der Waals surface area (Å²) in [7, 11) is 1.97. The molecule has 2 nitrogen and oxygen atoms in total. The molecule has 0 bridgehead atoms. The predicted octanol–water partition coefficient (Wildman–Crippen LogP) is 2.29. The fourth-order valence-electron chi connectivity index (χ4n) is 1.87. The SMILES string of the molecule is CNC1CCOCC1Sc1cccc(F)c1. The van der Waals surface area contributed by atoms with Gasteiger partial charge < -0.3 is 10.1 Å². The lowest BCUT2D eigenvalue weighted by Gasteiger charge is -2.30. The summed E-state index contributed by atoms with van der Waals surface area (Å²) < 4.78 is 18.5. The first-order valence-electron chi connectivity index (χ1n) is 5.47. The Morgan fingerprint density at radius 2 is 2.38 bits per heavy atom. The molecule has 1 fully saturated rings. The van der Waals surface area contributed by atoms with Gasteiger partial charge in [-0.1, -0.05) is 6.07 Å². The Morgan fingerprint density at radius 3 is 3.12 bits per heavy atom. The Morgan fingerprint density at radius 1 is 1.50 bits per heavy atom. The number of rotatable bonds is 3. The summed E-state index contributed by atoms with van der Waals surface area (Å²) >= 11 is 1.68. The molecule has 1 aromatic rings. The molecule has 1 aliphatic rings. The largest absolute Gasteiger partial charge is 0.380 e. The van der Waals surface area contributed by atoms with E-state index in [4.69, 9.17) is 4.74 Å². The normalized spacial score (nSPS) is 25.6. The van der Waals surface area contributed by atoms with Gasteiger partial charge in [0.1, 0.15) is 5.82 Å². The number of benzene rings is 1. The molecule has 2 rings (SSSR count). The first-order chi connectivity index (χ1) is 7.79. The molecule has 0 aromatic heterocycles. The molecule has 1 aromatic carbocycles. The maximum absolute atomic E-state index is 13.0. The smallest absolute Gasteiger partial charge is 0.124 e. The summed E-state index contributed by atoms with van der Waals surface area (Å²) in [4.78, 5) is 0.968. The molecule has 1 aliphatic heterocycles. The third kappa shape index (κ3) is 2.97. The molecular weight excluding hydrogens is 225 g/mol. The molecule has 1 N–H and O–H groups in total. The van der Waals surface area contributed by atoms with Gasteiger partial charge in [0.15, 0.2) is 0 Å². The van der Waals surface area contributed by atoms with Gasteiger partial charge in [0.2, 0.25) is 0 Å². The van der Waals surface area contributed by atoms with E-state index in [1.807, 2.05) is 13.1 Å². The van der Waals surface area contributed by atoms with Crippen LogP contribution in [0.1, 0.15) is 6.42 Å². The molecule has 0 amide bonds. The van der Waals surface area contributed by atoms with Crippen LogP contribution in [-0.2, 0) is 4.74 Å². The molecule has 16 heavy (non-hydrogen) atoms. The molecular formula is C12H16FNOS. The third-order valence-electron chi connectivity index (χ3n) is 2.76. The van der Waals surface area contributed by atoms with Gasteiger partial charge in [-0.15, -0.1) is 11.8 Å². The zero-order valence-electron chi connectivity index (χ0n) is 9.28. The average molecular weight is 241 g/mol. The van der Waals surface area contributed by atoms with Crippen LogP contribution in [0.4, 0.5) is 4.39 Å². The predicted molar refractivity (Wildman–Crippen MR) is 64.3 cm³/mol. The topological polar surface area (TPSA) is 21.3 Å². The molecule has 0 spiro atoms. The minimum atomic E-state index is -0.178. The zero-order chi connectivity index (χ0) is 11.4. The minimum absolute atomic E-state index is 0.178. The lowest BCUT2D eigenvalue weighted by Crippen LogP contribution is -2.43. The van der Waals surface area contributed by atoms with Gasteiger partial charge in [0.25, 0.3) is 0 Å². The lowest BCUT2D eigenvalue weighted by atomic mass is 10.1. The van der Waals surface area contributed by atoms with Crippen LogP contribution in [0.2, 0.25) is 0 Å². The second-order valence-electron chi connectivity index (χ2n) is 3.87. The van der Waals surface area contributed by atoms with Crippen molar-refractivity contribution in [3.05, 3.63) is 30.1 Å². The van der Waals surface area contributed by atoms with Gasteiger partial charge in [-0.25, -0.2) is 4.39 Å². The van der Waals surface area contributed by atoms with E-state index >= 15 is 0 Å². The van der Waals surface area contributed by atoms with E-state index in [9.17, 15) is 4.39 Å². The Bertz CT molecular complexity index is 348. The van der Waals surface area contributed by atoms with Crippen LogP contribution in [0.3, 0.4) is 0 Å². The molecule has 2 atom stereocenters. The Labute approximate surface area is 99.6 Å². The highest BCUT2D eigenvalue weighted by Gasteiger charge is 2.25. The minimum Gasteiger partial charge on any atom is -0.380 e. The summed E-state index contributed by atoms with van der Waals surface area (Å²) in [6.45, 7) is 1.54. The van der Waals surface area contributed by atoms with Gasteiger partial charge in [0, 0.05) is 22.8 Å². The molecule has 1 heterocycles. The highest BCUT2D eigenvalue weighted by atomic mass is 32.2. The van der Waals surface area contributed by atoms with Crippen molar-refractivity contribution in [1.82, 2.24) is 5.32 Å². The molecule has 0 aliphatic carbocycles. The maximum atomic E-state index is 13.0. The number of hydrogen-bond acceptors (Lipinski definition) is 3. The van der Waals surface area contributed by atoms with Crippen LogP contribution in [0.15, 0.2) is 29.2 Å². The molecule has 4 heteroatoms. The monoisotopic (exact) mass is 241 g/mol. The van der Waals surface area contributed by atoms with Crippen molar-refractivity contribution in [2.75, 3.05) is 20.3 Å². The number of nitrogens with one attached hydrogen (secondary N) is 1. The standard InChI is InChI=1S/C12H16FNOS/c1-14-11-5-6-15-8-12(11)16-10-4-2-3-9(13)7-10/h2-4,7,11-12,14H,5-6,8H2,1H3. The summed E-state index contributed by atoms with van der Waals surface area (Å²) in [5.41, 5.74) is 0.